The van der Waals surface area contributed by atoms with Gasteiger partial charge < -0.3 is 14.6 Å². The number of nitrogens with zero attached hydrogens (tertiary/aromatic N) is 5. The molecular formula is C18H16FN5O3S. The fraction of sp³-hybridized carbons (Fsp3) is 0.278. The van der Waals surface area contributed by atoms with Gasteiger partial charge in [-0.25, -0.2) is 19.2 Å². The van der Waals surface area contributed by atoms with Crippen molar-refractivity contribution in [2.75, 3.05) is 6.54 Å². The van der Waals surface area contributed by atoms with E-state index in [-0.39, 0.29) is 11.6 Å². The number of halogens is 1. The van der Waals surface area contributed by atoms with Gasteiger partial charge in [0, 0.05) is 18.7 Å². The van der Waals surface area contributed by atoms with Crippen molar-refractivity contribution in [3.05, 3.63) is 52.9 Å². The molecule has 0 saturated heterocycles. The Kier molecular flexibility index (Phi) is 4.42. The van der Waals surface area contributed by atoms with Crippen LogP contribution in [0.4, 0.5) is 4.39 Å². The number of fused-ring (bicyclic) bond motifs is 1. The number of aromatic carboxylic acids is 1. The first kappa shape index (κ1) is 18.2. The van der Waals surface area contributed by atoms with E-state index in [2.05, 4.69) is 14.3 Å². The Morgan fingerprint density at radius 2 is 1.93 bits per heavy atom. The van der Waals surface area contributed by atoms with E-state index < -0.39 is 17.8 Å². The fourth-order valence-corrected chi connectivity index (χ4v) is 4.08. The summed E-state index contributed by atoms with van der Waals surface area (Å²) in [6.07, 6.45) is 0. The zero-order valence-electron chi connectivity index (χ0n) is 15.1. The number of amides is 1. The average molecular weight is 401 g/mol. The number of imidazole rings is 1. The van der Waals surface area contributed by atoms with Crippen LogP contribution in [0.3, 0.4) is 0 Å². The van der Waals surface area contributed by atoms with Crippen LogP contribution in [0.15, 0.2) is 24.3 Å². The molecule has 4 rings (SSSR count). The minimum Gasteiger partial charge on any atom is -0.476 e. The van der Waals surface area contributed by atoms with Gasteiger partial charge in [-0.1, -0.05) is 0 Å². The molecule has 1 N–H and O–H groups in total. The van der Waals surface area contributed by atoms with Gasteiger partial charge in [0.25, 0.3) is 5.91 Å². The van der Waals surface area contributed by atoms with Gasteiger partial charge in [0.15, 0.2) is 16.5 Å². The van der Waals surface area contributed by atoms with Gasteiger partial charge in [0.2, 0.25) is 0 Å². The second-order valence-corrected chi connectivity index (χ2v) is 7.21. The number of carbonyl (C=O) groups excluding carboxylic acids is 1. The number of aromatic nitrogens is 4. The molecule has 1 aliphatic rings. The van der Waals surface area contributed by atoms with E-state index in [0.717, 1.165) is 11.5 Å². The number of hydrogen-bond donors (Lipinski definition) is 1. The summed E-state index contributed by atoms with van der Waals surface area (Å²) in [6, 6.07) is 4.77. The third-order valence-corrected chi connectivity index (χ3v) is 5.51. The van der Waals surface area contributed by atoms with E-state index in [9.17, 15) is 19.1 Å². The summed E-state index contributed by atoms with van der Waals surface area (Å²) in [5, 5.41) is 10.2. The van der Waals surface area contributed by atoms with Gasteiger partial charge >= 0.3 is 5.97 Å². The summed E-state index contributed by atoms with van der Waals surface area (Å²) in [5.74, 6) is -0.847. The normalized spacial score (nSPS) is 16.1. The Morgan fingerprint density at radius 3 is 2.54 bits per heavy atom. The lowest BCUT2D eigenvalue weighted by Gasteiger charge is -2.35. The van der Waals surface area contributed by atoms with Crippen LogP contribution in [0.2, 0.25) is 0 Å². The SMILES string of the molecule is Cc1nsc(-c2nc(C(=O)O)c3n2CCN(C(=O)c2ccc(F)cc2)[C@@H]3C)n1. The average Bonchev–Trinajstić information content (AvgIpc) is 3.26. The summed E-state index contributed by atoms with van der Waals surface area (Å²) >= 11 is 1.15. The van der Waals surface area contributed by atoms with Crippen LogP contribution in [0.25, 0.3) is 10.8 Å². The van der Waals surface area contributed by atoms with Gasteiger partial charge in [0.1, 0.15) is 11.6 Å². The summed E-state index contributed by atoms with van der Waals surface area (Å²) < 4.78 is 19.1. The molecule has 1 amide bonds. The number of benzene rings is 1. The molecule has 0 bridgehead atoms. The van der Waals surface area contributed by atoms with Crippen LogP contribution in [-0.2, 0) is 6.54 Å². The number of aryl methyl sites for hydroxylation is 1. The van der Waals surface area contributed by atoms with Gasteiger partial charge in [-0.3, -0.25) is 4.79 Å². The molecule has 0 radical (unpaired) electrons. The van der Waals surface area contributed by atoms with Crippen LogP contribution in [-0.4, -0.2) is 47.3 Å². The van der Waals surface area contributed by atoms with Gasteiger partial charge in [-0.2, -0.15) is 4.37 Å². The molecule has 1 aliphatic heterocycles. The topological polar surface area (TPSA) is 101 Å². The Bertz CT molecular complexity index is 1080. The number of rotatable bonds is 3. The summed E-state index contributed by atoms with van der Waals surface area (Å²) in [4.78, 5) is 34.9. The van der Waals surface area contributed by atoms with E-state index in [1.54, 1.807) is 23.3 Å². The first-order valence-corrected chi connectivity index (χ1v) is 9.35. The van der Waals surface area contributed by atoms with Crippen molar-refractivity contribution in [2.45, 2.75) is 26.4 Å². The smallest absolute Gasteiger partial charge is 0.356 e. The first-order chi connectivity index (χ1) is 13.4. The summed E-state index contributed by atoms with van der Waals surface area (Å²) in [7, 11) is 0. The Morgan fingerprint density at radius 1 is 1.21 bits per heavy atom. The molecule has 144 valence electrons. The van der Waals surface area contributed by atoms with Crippen molar-refractivity contribution < 1.29 is 19.1 Å². The van der Waals surface area contributed by atoms with Crippen LogP contribution >= 0.6 is 11.5 Å². The molecule has 8 nitrogen and oxygen atoms in total. The lowest BCUT2D eigenvalue weighted by atomic mass is 10.1. The van der Waals surface area contributed by atoms with E-state index >= 15 is 0 Å². The zero-order valence-corrected chi connectivity index (χ0v) is 15.9. The Labute approximate surface area is 163 Å². The summed E-state index contributed by atoms with van der Waals surface area (Å²) in [5.41, 5.74) is 0.682. The highest BCUT2D eigenvalue weighted by Crippen LogP contribution is 2.34. The lowest BCUT2D eigenvalue weighted by molar-refractivity contribution is 0.0618. The maximum Gasteiger partial charge on any atom is 0.356 e. The molecular weight excluding hydrogens is 385 g/mol. The van der Waals surface area contributed by atoms with Crippen molar-refractivity contribution in [1.29, 1.82) is 0 Å². The third kappa shape index (κ3) is 2.95. The van der Waals surface area contributed by atoms with Crippen LogP contribution in [0, 0.1) is 12.7 Å². The van der Waals surface area contributed by atoms with Crippen molar-refractivity contribution in [2.24, 2.45) is 0 Å². The molecule has 1 atom stereocenters. The fourth-order valence-electron chi connectivity index (χ4n) is 3.41. The molecule has 10 heteroatoms. The van der Waals surface area contributed by atoms with Crippen LogP contribution < -0.4 is 0 Å². The zero-order chi connectivity index (χ0) is 20.0. The van der Waals surface area contributed by atoms with Crippen molar-refractivity contribution in [3.63, 3.8) is 0 Å². The van der Waals surface area contributed by atoms with Crippen molar-refractivity contribution in [3.8, 4) is 10.8 Å². The van der Waals surface area contributed by atoms with Gasteiger partial charge in [-0.05, 0) is 49.6 Å². The first-order valence-electron chi connectivity index (χ1n) is 8.57. The quantitative estimate of drug-likeness (QED) is 0.724. The van der Waals surface area contributed by atoms with E-state index in [0.29, 0.717) is 41.0 Å². The number of carboxylic acid groups (broad SMARTS) is 1. The number of carboxylic acids is 1. The second kappa shape index (κ2) is 6.79. The standard InChI is InChI=1S/C18H16FN5O3S/c1-9-14-13(18(26)27)21-15(16-20-10(2)22-28-16)24(14)8-7-23(9)17(25)11-3-5-12(19)6-4-11/h3-6,9H,7-8H2,1-2H3,(H,26,27)/t9-/m1/s1. The van der Waals surface area contributed by atoms with E-state index in [1.165, 1.54) is 24.3 Å². The van der Waals surface area contributed by atoms with Crippen molar-refractivity contribution in [1.82, 2.24) is 23.8 Å². The monoisotopic (exact) mass is 401 g/mol. The molecule has 2 aromatic heterocycles. The third-order valence-electron chi connectivity index (χ3n) is 4.71. The molecule has 3 aromatic rings. The molecule has 0 spiro atoms. The highest BCUT2D eigenvalue weighted by atomic mass is 32.1. The molecule has 0 aliphatic carbocycles. The van der Waals surface area contributed by atoms with E-state index in [4.69, 9.17) is 0 Å². The molecule has 0 fully saturated rings. The molecule has 3 heterocycles. The predicted molar refractivity (Wildman–Crippen MR) is 98.7 cm³/mol. The summed E-state index contributed by atoms with van der Waals surface area (Å²) in [6.45, 7) is 4.25. The largest absolute Gasteiger partial charge is 0.476 e. The van der Waals surface area contributed by atoms with Gasteiger partial charge in [-0.15, -0.1) is 0 Å². The lowest BCUT2D eigenvalue weighted by Crippen LogP contribution is -2.41. The Balaban J connectivity index is 1.75. The molecule has 0 saturated carbocycles. The Hall–Kier alpha value is -3.14. The minimum absolute atomic E-state index is 0.105. The second-order valence-electron chi connectivity index (χ2n) is 6.45. The highest BCUT2D eigenvalue weighted by molar-refractivity contribution is 7.09. The molecule has 0 unspecified atom stereocenters. The van der Waals surface area contributed by atoms with Crippen LogP contribution in [0.1, 0.15) is 45.3 Å². The number of carbonyl (C=O) groups is 2. The predicted octanol–water partition coefficient (Wildman–Crippen LogP) is 2.76. The molecule has 28 heavy (non-hydrogen) atoms. The van der Waals surface area contributed by atoms with Crippen molar-refractivity contribution >= 4 is 23.4 Å². The maximum atomic E-state index is 13.2. The number of hydrogen-bond acceptors (Lipinski definition) is 6. The molecule has 1 aromatic carbocycles. The highest BCUT2D eigenvalue weighted by Gasteiger charge is 2.36. The minimum atomic E-state index is -1.17. The maximum absolute atomic E-state index is 13.2. The van der Waals surface area contributed by atoms with E-state index in [1.807, 2.05) is 0 Å². The van der Waals surface area contributed by atoms with Crippen LogP contribution in [0.5, 0.6) is 0 Å². The van der Waals surface area contributed by atoms with Gasteiger partial charge in [0.05, 0.1) is 11.7 Å².